The van der Waals surface area contributed by atoms with Crippen molar-refractivity contribution in [3.8, 4) is 17.1 Å². The SMILES string of the molecule is c1cncc(-c2[nH]ncc2CNCc2ccnc(OC3CCCC3)c2)c1. The Morgan fingerprint density at radius 3 is 2.88 bits per heavy atom. The van der Waals surface area contributed by atoms with Gasteiger partial charge in [-0.05, 0) is 49.4 Å². The fraction of sp³-hybridized carbons (Fsp3) is 0.350. The average molecular weight is 349 g/mol. The third-order valence-corrected chi connectivity index (χ3v) is 4.70. The van der Waals surface area contributed by atoms with Gasteiger partial charge in [0.1, 0.15) is 6.10 Å². The predicted octanol–water partition coefficient (Wildman–Crippen LogP) is 3.48. The van der Waals surface area contributed by atoms with Crippen LogP contribution < -0.4 is 10.1 Å². The normalized spacial score (nSPS) is 14.6. The van der Waals surface area contributed by atoms with Crippen molar-refractivity contribution in [2.75, 3.05) is 0 Å². The summed E-state index contributed by atoms with van der Waals surface area (Å²) in [6.45, 7) is 1.48. The van der Waals surface area contributed by atoms with Gasteiger partial charge in [0.05, 0.1) is 11.9 Å². The van der Waals surface area contributed by atoms with E-state index >= 15 is 0 Å². The maximum absolute atomic E-state index is 5.98. The van der Waals surface area contributed by atoms with Crippen LogP contribution in [-0.2, 0) is 13.1 Å². The topological polar surface area (TPSA) is 75.7 Å². The number of pyridine rings is 2. The maximum Gasteiger partial charge on any atom is 0.213 e. The molecule has 0 saturated heterocycles. The highest BCUT2D eigenvalue weighted by molar-refractivity contribution is 5.61. The van der Waals surface area contributed by atoms with Crippen LogP contribution >= 0.6 is 0 Å². The lowest BCUT2D eigenvalue weighted by molar-refractivity contribution is 0.201. The molecule has 0 spiro atoms. The van der Waals surface area contributed by atoms with Crippen LogP contribution in [0.1, 0.15) is 36.8 Å². The van der Waals surface area contributed by atoms with E-state index in [1.165, 1.54) is 18.4 Å². The lowest BCUT2D eigenvalue weighted by Crippen LogP contribution is -2.14. The Balaban J connectivity index is 1.35. The number of H-pyrrole nitrogens is 1. The van der Waals surface area contributed by atoms with Gasteiger partial charge in [0, 0.05) is 48.9 Å². The van der Waals surface area contributed by atoms with Gasteiger partial charge >= 0.3 is 0 Å². The zero-order chi connectivity index (χ0) is 17.6. The van der Waals surface area contributed by atoms with E-state index in [4.69, 9.17) is 4.74 Å². The number of hydrogen-bond donors (Lipinski definition) is 2. The summed E-state index contributed by atoms with van der Waals surface area (Å²) < 4.78 is 5.98. The molecule has 3 aromatic heterocycles. The zero-order valence-electron chi connectivity index (χ0n) is 14.7. The third kappa shape index (κ3) is 4.08. The van der Waals surface area contributed by atoms with Crippen molar-refractivity contribution in [2.45, 2.75) is 44.9 Å². The summed E-state index contributed by atoms with van der Waals surface area (Å²) in [4.78, 5) is 8.51. The van der Waals surface area contributed by atoms with Crippen molar-refractivity contribution in [3.63, 3.8) is 0 Å². The van der Waals surface area contributed by atoms with Gasteiger partial charge < -0.3 is 10.1 Å². The first-order chi connectivity index (χ1) is 12.9. The van der Waals surface area contributed by atoms with E-state index in [2.05, 4.69) is 25.5 Å². The summed E-state index contributed by atoms with van der Waals surface area (Å²) in [6.07, 6.45) is 12.4. The van der Waals surface area contributed by atoms with Crippen molar-refractivity contribution in [3.05, 3.63) is 60.2 Å². The number of rotatable bonds is 7. The Labute approximate surface area is 153 Å². The Hall–Kier alpha value is -2.73. The third-order valence-electron chi connectivity index (χ3n) is 4.70. The molecule has 1 fully saturated rings. The van der Waals surface area contributed by atoms with Gasteiger partial charge in [-0.25, -0.2) is 4.98 Å². The number of nitrogens with one attached hydrogen (secondary N) is 2. The minimum absolute atomic E-state index is 0.332. The van der Waals surface area contributed by atoms with E-state index in [0.29, 0.717) is 6.10 Å². The van der Waals surface area contributed by atoms with Gasteiger partial charge in [-0.3, -0.25) is 10.1 Å². The lowest BCUT2D eigenvalue weighted by atomic mass is 10.1. The Bertz CT molecular complexity index is 827. The first-order valence-corrected chi connectivity index (χ1v) is 9.13. The minimum atomic E-state index is 0.332. The van der Waals surface area contributed by atoms with E-state index < -0.39 is 0 Å². The molecule has 6 heteroatoms. The van der Waals surface area contributed by atoms with E-state index in [1.807, 2.05) is 42.9 Å². The summed E-state index contributed by atoms with van der Waals surface area (Å²) in [7, 11) is 0. The highest BCUT2D eigenvalue weighted by Crippen LogP contribution is 2.23. The van der Waals surface area contributed by atoms with Crippen molar-refractivity contribution in [1.29, 1.82) is 0 Å². The minimum Gasteiger partial charge on any atom is -0.474 e. The fourth-order valence-corrected chi connectivity index (χ4v) is 3.35. The predicted molar refractivity (Wildman–Crippen MR) is 99.5 cm³/mol. The molecular formula is C20H23N5O. The van der Waals surface area contributed by atoms with Crippen LogP contribution in [-0.4, -0.2) is 26.3 Å². The first-order valence-electron chi connectivity index (χ1n) is 9.13. The number of hydrogen-bond acceptors (Lipinski definition) is 5. The largest absolute Gasteiger partial charge is 0.474 e. The molecule has 6 nitrogen and oxygen atoms in total. The highest BCUT2D eigenvalue weighted by atomic mass is 16.5. The van der Waals surface area contributed by atoms with Crippen LogP contribution in [0.5, 0.6) is 5.88 Å². The van der Waals surface area contributed by atoms with Crippen LogP contribution in [0.15, 0.2) is 49.1 Å². The Kier molecular flexibility index (Phi) is 5.21. The monoisotopic (exact) mass is 349 g/mol. The van der Waals surface area contributed by atoms with Gasteiger partial charge in [0.2, 0.25) is 5.88 Å². The standard InChI is InChI=1S/C20H23N5O/c1-2-6-18(5-1)26-19-10-15(7-9-23-19)11-22-13-17-14-24-25-20(17)16-4-3-8-21-12-16/h3-4,7-10,12,14,18,22H,1-2,5-6,11,13H2,(H,24,25). The van der Waals surface area contributed by atoms with Crippen molar-refractivity contribution in [2.24, 2.45) is 0 Å². The number of ether oxygens (including phenoxy) is 1. The van der Waals surface area contributed by atoms with E-state index in [9.17, 15) is 0 Å². The fourth-order valence-electron chi connectivity index (χ4n) is 3.35. The van der Waals surface area contributed by atoms with Crippen LogP contribution in [0.25, 0.3) is 11.3 Å². The Morgan fingerprint density at radius 2 is 2.04 bits per heavy atom. The van der Waals surface area contributed by atoms with Crippen LogP contribution in [0.4, 0.5) is 0 Å². The molecule has 1 aliphatic carbocycles. The molecule has 1 saturated carbocycles. The molecule has 3 heterocycles. The van der Waals surface area contributed by atoms with Crippen molar-refractivity contribution in [1.82, 2.24) is 25.5 Å². The summed E-state index contributed by atoms with van der Waals surface area (Å²) in [5.74, 6) is 0.732. The average Bonchev–Trinajstić information content (AvgIpc) is 3.35. The Morgan fingerprint density at radius 1 is 1.12 bits per heavy atom. The molecule has 0 bridgehead atoms. The molecular weight excluding hydrogens is 326 g/mol. The van der Waals surface area contributed by atoms with Gasteiger partial charge in [-0.2, -0.15) is 5.10 Å². The molecule has 0 atom stereocenters. The van der Waals surface area contributed by atoms with E-state index in [1.54, 1.807) is 6.20 Å². The van der Waals surface area contributed by atoms with Crippen molar-refractivity contribution < 1.29 is 4.74 Å². The molecule has 0 unspecified atom stereocenters. The summed E-state index contributed by atoms with van der Waals surface area (Å²) >= 11 is 0. The van der Waals surface area contributed by atoms with E-state index in [0.717, 1.165) is 48.6 Å². The first kappa shape index (κ1) is 16.7. The molecule has 3 aromatic rings. The van der Waals surface area contributed by atoms with Crippen molar-refractivity contribution >= 4 is 0 Å². The molecule has 4 rings (SSSR count). The molecule has 1 aliphatic rings. The summed E-state index contributed by atoms with van der Waals surface area (Å²) in [6, 6.07) is 8.00. The molecule has 0 amide bonds. The second-order valence-electron chi connectivity index (χ2n) is 6.64. The number of aromatic amines is 1. The number of nitrogens with zero attached hydrogens (tertiary/aromatic N) is 3. The van der Waals surface area contributed by atoms with Gasteiger partial charge in [-0.1, -0.05) is 0 Å². The second-order valence-corrected chi connectivity index (χ2v) is 6.64. The van der Waals surface area contributed by atoms with Gasteiger partial charge in [0.25, 0.3) is 0 Å². The smallest absolute Gasteiger partial charge is 0.213 e. The maximum atomic E-state index is 5.98. The number of aromatic nitrogens is 4. The zero-order valence-corrected chi connectivity index (χ0v) is 14.7. The lowest BCUT2D eigenvalue weighted by Gasteiger charge is -2.13. The molecule has 134 valence electrons. The molecule has 2 N–H and O–H groups in total. The van der Waals surface area contributed by atoms with E-state index in [-0.39, 0.29) is 0 Å². The molecule has 0 radical (unpaired) electrons. The van der Waals surface area contributed by atoms with Gasteiger partial charge in [-0.15, -0.1) is 0 Å². The molecule has 0 aliphatic heterocycles. The van der Waals surface area contributed by atoms with Crippen LogP contribution in [0, 0.1) is 0 Å². The van der Waals surface area contributed by atoms with Crippen LogP contribution in [0.2, 0.25) is 0 Å². The second kappa shape index (κ2) is 8.10. The molecule has 0 aromatic carbocycles. The van der Waals surface area contributed by atoms with Crippen LogP contribution in [0.3, 0.4) is 0 Å². The quantitative estimate of drug-likeness (QED) is 0.683. The van der Waals surface area contributed by atoms with Gasteiger partial charge in [0.15, 0.2) is 0 Å². The molecule has 26 heavy (non-hydrogen) atoms. The highest BCUT2D eigenvalue weighted by Gasteiger charge is 2.17. The summed E-state index contributed by atoms with van der Waals surface area (Å²) in [5, 5.41) is 10.7. The summed E-state index contributed by atoms with van der Waals surface area (Å²) in [5.41, 5.74) is 4.33.